The molecule has 0 aromatic heterocycles. The molecule has 0 spiro atoms. The van der Waals surface area contributed by atoms with Crippen molar-refractivity contribution in [3.8, 4) is 5.75 Å². The molecule has 0 saturated carbocycles. The van der Waals surface area contributed by atoms with Gasteiger partial charge >= 0.3 is 0 Å². The molecule has 1 rings (SSSR count). The first-order chi connectivity index (χ1) is 12.9. The van der Waals surface area contributed by atoms with Crippen molar-refractivity contribution in [2.24, 2.45) is 0 Å². The largest absolute Gasteiger partial charge is 0.489 e. The van der Waals surface area contributed by atoms with E-state index in [1.54, 1.807) is 0 Å². The molecule has 0 fully saturated rings. The second kappa shape index (κ2) is 13.2. The predicted octanol–water partition coefficient (Wildman–Crippen LogP) is 5.98. The van der Waals surface area contributed by atoms with E-state index in [0.29, 0.717) is 6.42 Å². The summed E-state index contributed by atoms with van der Waals surface area (Å²) in [6, 6.07) is 6.12. The zero-order chi connectivity index (χ0) is 20.1. The molecule has 156 valence electrons. The van der Waals surface area contributed by atoms with Crippen LogP contribution in [0.2, 0.25) is 0 Å². The number of unbranched alkanes of at least 4 members (excludes halogenated alkanes) is 6. The van der Waals surface area contributed by atoms with E-state index in [4.69, 9.17) is 4.74 Å². The fraction of sp³-hybridized carbons (Fsp3) is 0.727. The highest BCUT2D eigenvalue weighted by molar-refractivity contribution is 7.85. The molecule has 1 aromatic rings. The fourth-order valence-electron chi connectivity index (χ4n) is 3.36. The van der Waals surface area contributed by atoms with E-state index in [1.807, 2.05) is 19.1 Å². The molecule has 5 heteroatoms. The lowest BCUT2D eigenvalue weighted by Crippen LogP contribution is -2.26. The topological polar surface area (TPSA) is 63.6 Å². The second-order valence-electron chi connectivity index (χ2n) is 7.41. The van der Waals surface area contributed by atoms with Crippen molar-refractivity contribution in [3.05, 3.63) is 29.3 Å². The van der Waals surface area contributed by atoms with Gasteiger partial charge in [0.1, 0.15) is 17.6 Å². The highest BCUT2D eigenvalue weighted by Crippen LogP contribution is 2.28. The van der Waals surface area contributed by atoms with Gasteiger partial charge in [-0.1, -0.05) is 71.4 Å². The van der Waals surface area contributed by atoms with E-state index < -0.39 is 16.2 Å². The number of hydrogen-bond acceptors (Lipinski definition) is 3. The third kappa shape index (κ3) is 10.2. The first-order valence-corrected chi connectivity index (χ1v) is 12.2. The van der Waals surface area contributed by atoms with Crippen LogP contribution in [0, 0.1) is 0 Å². The number of aryl methyl sites for hydroxylation is 1. The maximum atomic E-state index is 11.3. The van der Waals surface area contributed by atoms with Gasteiger partial charge in [0.25, 0.3) is 10.1 Å². The minimum Gasteiger partial charge on any atom is -0.489 e. The highest BCUT2D eigenvalue weighted by Gasteiger charge is 2.19. The smallest absolute Gasteiger partial charge is 0.268 e. The monoisotopic (exact) mass is 398 g/mol. The lowest BCUT2D eigenvalue weighted by Gasteiger charge is -2.21. The van der Waals surface area contributed by atoms with E-state index in [1.165, 1.54) is 56.1 Å². The van der Waals surface area contributed by atoms with Gasteiger partial charge < -0.3 is 4.74 Å². The highest BCUT2D eigenvalue weighted by atomic mass is 32.2. The normalized spacial score (nSPS) is 12.9. The zero-order valence-corrected chi connectivity index (χ0v) is 18.2. The van der Waals surface area contributed by atoms with Crippen molar-refractivity contribution in [1.82, 2.24) is 0 Å². The number of ether oxygens (including phenoxy) is 1. The van der Waals surface area contributed by atoms with Gasteiger partial charge in [-0.05, 0) is 49.3 Å². The van der Waals surface area contributed by atoms with Gasteiger partial charge in [0.2, 0.25) is 0 Å². The second-order valence-corrected chi connectivity index (χ2v) is 8.91. The van der Waals surface area contributed by atoms with Gasteiger partial charge in [0.15, 0.2) is 0 Å². The van der Waals surface area contributed by atoms with Crippen LogP contribution in [-0.2, 0) is 23.0 Å². The summed E-state index contributed by atoms with van der Waals surface area (Å²) in [5.74, 6) is 0.425. The number of rotatable bonds is 15. The number of benzene rings is 1. The maximum absolute atomic E-state index is 11.3. The van der Waals surface area contributed by atoms with Crippen LogP contribution in [0.4, 0.5) is 0 Å². The van der Waals surface area contributed by atoms with Crippen LogP contribution in [0.1, 0.15) is 89.7 Å². The summed E-state index contributed by atoms with van der Waals surface area (Å²) in [4.78, 5) is 0. The lowest BCUT2D eigenvalue weighted by atomic mass is 9.95. The molecule has 0 bridgehead atoms. The minimum atomic E-state index is -4.05. The average Bonchev–Trinajstić information content (AvgIpc) is 2.62. The Morgan fingerprint density at radius 2 is 1.56 bits per heavy atom. The van der Waals surface area contributed by atoms with Gasteiger partial charge in [-0.25, -0.2) is 0 Å². The summed E-state index contributed by atoms with van der Waals surface area (Å²) in [5.41, 5.74) is 2.54. The third-order valence-corrected chi connectivity index (χ3v) is 5.75. The van der Waals surface area contributed by atoms with Gasteiger partial charge in [0.05, 0.1) is 0 Å². The Hall–Kier alpha value is -1.07. The molecule has 0 aliphatic heterocycles. The lowest BCUT2D eigenvalue weighted by molar-refractivity contribution is 0.214. The Morgan fingerprint density at radius 3 is 2.11 bits per heavy atom. The Labute approximate surface area is 166 Å². The predicted molar refractivity (Wildman–Crippen MR) is 113 cm³/mol. The molecule has 0 radical (unpaired) electrons. The van der Waals surface area contributed by atoms with Crippen molar-refractivity contribution in [3.63, 3.8) is 0 Å². The molecular formula is C22H38O4S. The first-order valence-electron chi connectivity index (χ1n) is 10.6. The summed E-state index contributed by atoms with van der Waals surface area (Å²) in [6.07, 6.45) is 11.6. The van der Waals surface area contributed by atoms with Crippen LogP contribution in [0.25, 0.3) is 0 Å². The van der Waals surface area contributed by atoms with Crippen molar-refractivity contribution >= 4 is 10.1 Å². The van der Waals surface area contributed by atoms with E-state index in [2.05, 4.69) is 19.9 Å². The first kappa shape index (κ1) is 24.0. The van der Waals surface area contributed by atoms with Crippen molar-refractivity contribution in [2.75, 3.05) is 5.75 Å². The van der Waals surface area contributed by atoms with Crippen LogP contribution >= 0.6 is 0 Å². The SMILES string of the molecule is CCCCCCc1cccc(OC(CC)CS(=O)(=O)O)c1CCCCCC. The molecule has 0 heterocycles. The molecule has 0 aliphatic carbocycles. The van der Waals surface area contributed by atoms with E-state index in [0.717, 1.165) is 25.0 Å². The van der Waals surface area contributed by atoms with Gasteiger partial charge in [-0.2, -0.15) is 8.42 Å². The van der Waals surface area contributed by atoms with Crippen LogP contribution in [-0.4, -0.2) is 24.8 Å². The van der Waals surface area contributed by atoms with E-state index in [-0.39, 0.29) is 5.75 Å². The molecule has 0 aliphatic rings. The molecule has 1 atom stereocenters. The maximum Gasteiger partial charge on any atom is 0.268 e. The Morgan fingerprint density at radius 1 is 0.926 bits per heavy atom. The van der Waals surface area contributed by atoms with Crippen LogP contribution in [0.3, 0.4) is 0 Å². The molecule has 1 unspecified atom stereocenters. The van der Waals surface area contributed by atoms with Crippen molar-refractivity contribution in [1.29, 1.82) is 0 Å². The quantitative estimate of drug-likeness (QED) is 0.292. The Kier molecular flexibility index (Phi) is 11.7. The zero-order valence-electron chi connectivity index (χ0n) is 17.4. The van der Waals surface area contributed by atoms with Crippen LogP contribution in [0.15, 0.2) is 18.2 Å². The fourth-order valence-corrected chi connectivity index (χ4v) is 4.13. The molecule has 1 N–H and O–H groups in total. The van der Waals surface area contributed by atoms with E-state index in [9.17, 15) is 13.0 Å². The summed E-state index contributed by atoms with van der Waals surface area (Å²) in [5, 5.41) is 0. The van der Waals surface area contributed by atoms with E-state index >= 15 is 0 Å². The number of hydrogen-bond donors (Lipinski definition) is 1. The summed E-state index contributed by atoms with van der Waals surface area (Å²) in [6.45, 7) is 6.30. The van der Waals surface area contributed by atoms with Crippen LogP contribution in [0.5, 0.6) is 5.75 Å². The molecule has 1 aromatic carbocycles. The summed E-state index contributed by atoms with van der Waals surface area (Å²) >= 11 is 0. The summed E-state index contributed by atoms with van der Waals surface area (Å²) < 4.78 is 37.8. The molecular weight excluding hydrogens is 360 g/mol. The van der Waals surface area contributed by atoms with Gasteiger partial charge in [-0.15, -0.1) is 0 Å². The molecule has 0 amide bonds. The van der Waals surface area contributed by atoms with Gasteiger partial charge in [0, 0.05) is 0 Å². The average molecular weight is 399 g/mol. The van der Waals surface area contributed by atoms with Crippen LogP contribution < -0.4 is 4.74 Å². The van der Waals surface area contributed by atoms with Crippen molar-refractivity contribution in [2.45, 2.75) is 97.5 Å². The summed E-state index contributed by atoms with van der Waals surface area (Å²) in [7, 11) is -4.05. The molecule has 4 nitrogen and oxygen atoms in total. The molecule has 27 heavy (non-hydrogen) atoms. The minimum absolute atomic E-state index is 0.362. The van der Waals surface area contributed by atoms with Gasteiger partial charge in [-0.3, -0.25) is 4.55 Å². The van der Waals surface area contributed by atoms with Crippen molar-refractivity contribution < 1.29 is 17.7 Å². The molecule has 0 saturated heterocycles. The Bertz CT molecular complexity index is 625. The third-order valence-electron chi connectivity index (χ3n) is 4.96. The standard InChI is InChI=1S/C22H38O4S/c1-4-7-9-11-14-19-15-13-17-22(21(19)16-12-10-8-5-2)26-20(6-3)18-27(23,24)25/h13,15,17,20H,4-12,14,16,18H2,1-3H3,(H,23,24,25). The Balaban J connectivity index is 2.94.